The minimum atomic E-state index is -4.01. The van der Waals surface area contributed by atoms with E-state index < -0.39 is 21.7 Å². The predicted molar refractivity (Wildman–Crippen MR) is 112 cm³/mol. The lowest BCUT2D eigenvalue weighted by molar-refractivity contribution is 0.508. The van der Waals surface area contributed by atoms with E-state index in [2.05, 4.69) is 10.2 Å². The van der Waals surface area contributed by atoms with E-state index in [1.807, 2.05) is 13.8 Å². The highest BCUT2D eigenvalue weighted by atomic mass is 32.2. The van der Waals surface area contributed by atoms with Crippen molar-refractivity contribution in [2.45, 2.75) is 45.1 Å². The van der Waals surface area contributed by atoms with Gasteiger partial charge in [-0.05, 0) is 38.5 Å². The second-order valence-corrected chi connectivity index (χ2v) is 8.70. The van der Waals surface area contributed by atoms with Gasteiger partial charge in [0.05, 0.1) is 10.6 Å². The molecule has 0 aliphatic rings. The molecule has 0 N–H and O–H groups in total. The van der Waals surface area contributed by atoms with Gasteiger partial charge < -0.3 is 4.57 Å². The van der Waals surface area contributed by atoms with Crippen LogP contribution < -0.4 is 4.31 Å². The summed E-state index contributed by atoms with van der Waals surface area (Å²) < 4.78 is 58.3. The summed E-state index contributed by atoms with van der Waals surface area (Å²) in [5.74, 6) is -1.33. The highest BCUT2D eigenvalue weighted by Crippen LogP contribution is 2.35. The first-order valence-electron chi connectivity index (χ1n) is 9.78. The van der Waals surface area contributed by atoms with E-state index in [-0.39, 0.29) is 28.5 Å². The Morgan fingerprint density at radius 3 is 2.33 bits per heavy atom. The lowest BCUT2D eigenvalue weighted by Crippen LogP contribution is -2.32. The second-order valence-electron chi connectivity index (χ2n) is 6.84. The summed E-state index contributed by atoms with van der Waals surface area (Å²) in [6.07, 6.45) is 1.27. The Bertz CT molecular complexity index is 1130. The molecular formula is C21H24F2N4O2S. The van der Waals surface area contributed by atoms with E-state index in [4.69, 9.17) is 0 Å². The van der Waals surface area contributed by atoms with E-state index >= 15 is 0 Å². The quantitative estimate of drug-likeness (QED) is 0.522. The van der Waals surface area contributed by atoms with E-state index in [0.29, 0.717) is 18.8 Å². The van der Waals surface area contributed by atoms with Gasteiger partial charge in [0, 0.05) is 24.7 Å². The molecule has 0 aliphatic heterocycles. The zero-order chi connectivity index (χ0) is 21.9. The maximum Gasteiger partial charge on any atom is 0.264 e. The predicted octanol–water partition coefficient (Wildman–Crippen LogP) is 4.55. The molecule has 0 unspecified atom stereocenters. The van der Waals surface area contributed by atoms with Crippen molar-refractivity contribution < 1.29 is 17.2 Å². The van der Waals surface area contributed by atoms with Crippen molar-refractivity contribution in [3.8, 4) is 11.4 Å². The fourth-order valence-corrected chi connectivity index (χ4v) is 4.81. The summed E-state index contributed by atoms with van der Waals surface area (Å²) in [6, 6.07) is 9.82. The smallest absolute Gasteiger partial charge is 0.264 e. The Kier molecular flexibility index (Phi) is 6.50. The fraction of sp³-hybridized carbons (Fsp3) is 0.333. The highest BCUT2D eigenvalue weighted by Gasteiger charge is 2.29. The summed E-state index contributed by atoms with van der Waals surface area (Å²) >= 11 is 0. The molecule has 0 amide bonds. The number of hydrogen-bond donors (Lipinski definition) is 0. The monoisotopic (exact) mass is 434 g/mol. The van der Waals surface area contributed by atoms with Crippen LogP contribution in [0.3, 0.4) is 0 Å². The maximum absolute atomic E-state index is 14.3. The van der Waals surface area contributed by atoms with Crippen LogP contribution in [0.1, 0.15) is 32.5 Å². The molecule has 2 aromatic carbocycles. The molecular weight excluding hydrogens is 410 g/mol. The van der Waals surface area contributed by atoms with Crippen LogP contribution in [0.25, 0.3) is 11.4 Å². The molecule has 0 bridgehead atoms. The Hall–Kier alpha value is -2.81. The van der Waals surface area contributed by atoms with E-state index in [0.717, 1.165) is 22.9 Å². The lowest BCUT2D eigenvalue weighted by atomic mass is 10.1. The van der Waals surface area contributed by atoms with Crippen molar-refractivity contribution in [2.24, 2.45) is 0 Å². The molecule has 0 saturated carbocycles. The number of rotatable bonds is 8. The van der Waals surface area contributed by atoms with Crippen molar-refractivity contribution in [1.29, 1.82) is 0 Å². The molecule has 0 atom stereocenters. The molecule has 9 heteroatoms. The third-order valence-electron chi connectivity index (χ3n) is 4.85. The average Bonchev–Trinajstić information content (AvgIpc) is 3.11. The van der Waals surface area contributed by atoms with Gasteiger partial charge in [-0.15, -0.1) is 10.2 Å². The van der Waals surface area contributed by atoms with Crippen LogP contribution in [-0.4, -0.2) is 29.7 Å². The summed E-state index contributed by atoms with van der Waals surface area (Å²) in [5.41, 5.74) is 0.209. The largest absolute Gasteiger partial charge is 0.311 e. The molecule has 160 valence electrons. The third kappa shape index (κ3) is 4.07. The number of anilines is 1. The van der Waals surface area contributed by atoms with Crippen molar-refractivity contribution in [2.75, 3.05) is 10.8 Å². The Morgan fingerprint density at radius 2 is 1.70 bits per heavy atom. The molecule has 0 fully saturated rings. The van der Waals surface area contributed by atoms with Crippen LogP contribution >= 0.6 is 0 Å². The number of hydrogen-bond acceptors (Lipinski definition) is 4. The van der Waals surface area contributed by atoms with Crippen LogP contribution in [0.5, 0.6) is 0 Å². The maximum atomic E-state index is 14.3. The van der Waals surface area contributed by atoms with Crippen molar-refractivity contribution in [1.82, 2.24) is 14.8 Å². The average molecular weight is 435 g/mol. The van der Waals surface area contributed by atoms with Crippen molar-refractivity contribution >= 4 is 15.7 Å². The Morgan fingerprint density at radius 1 is 1.03 bits per heavy atom. The normalized spacial score (nSPS) is 11.6. The molecule has 3 aromatic rings. The van der Waals surface area contributed by atoms with Crippen LogP contribution in [-0.2, 0) is 16.6 Å². The van der Waals surface area contributed by atoms with Gasteiger partial charge in [-0.2, -0.15) is 0 Å². The van der Waals surface area contributed by atoms with Crippen LogP contribution in [0.4, 0.5) is 14.5 Å². The van der Waals surface area contributed by atoms with Gasteiger partial charge in [-0.3, -0.25) is 4.31 Å². The van der Waals surface area contributed by atoms with E-state index in [1.54, 1.807) is 29.7 Å². The van der Waals surface area contributed by atoms with E-state index in [9.17, 15) is 17.2 Å². The number of nitrogens with zero attached hydrogens (tertiary/aromatic N) is 4. The first-order valence-corrected chi connectivity index (χ1v) is 11.2. The molecule has 6 nitrogen and oxygen atoms in total. The lowest BCUT2D eigenvalue weighted by Gasteiger charge is -2.27. The van der Waals surface area contributed by atoms with Gasteiger partial charge >= 0.3 is 0 Å². The molecule has 0 spiro atoms. The van der Waals surface area contributed by atoms with Gasteiger partial charge in [-0.25, -0.2) is 17.2 Å². The first kappa shape index (κ1) is 21.9. The molecule has 3 rings (SSSR count). The fourth-order valence-electron chi connectivity index (χ4n) is 3.27. The zero-order valence-corrected chi connectivity index (χ0v) is 18.0. The minimum absolute atomic E-state index is 0.0355. The number of unbranched alkanes of at least 4 members (excludes halogenated alkanes) is 1. The second kappa shape index (κ2) is 8.91. The van der Waals surface area contributed by atoms with Gasteiger partial charge in [0.1, 0.15) is 5.82 Å². The topological polar surface area (TPSA) is 68.1 Å². The molecule has 1 aromatic heterocycles. The summed E-state index contributed by atoms with van der Waals surface area (Å²) in [6.45, 7) is 6.15. The molecule has 0 radical (unpaired) electrons. The van der Waals surface area contributed by atoms with Gasteiger partial charge in [-0.1, -0.05) is 31.5 Å². The number of sulfonamides is 1. The van der Waals surface area contributed by atoms with Crippen LogP contribution in [0, 0.1) is 18.6 Å². The van der Waals surface area contributed by atoms with Gasteiger partial charge in [0.2, 0.25) is 0 Å². The third-order valence-corrected chi connectivity index (χ3v) is 6.67. The summed E-state index contributed by atoms with van der Waals surface area (Å²) in [5, 5.41) is 8.14. The Labute approximate surface area is 175 Å². The van der Waals surface area contributed by atoms with Crippen LogP contribution in [0.15, 0.2) is 47.4 Å². The zero-order valence-electron chi connectivity index (χ0n) is 17.1. The molecule has 0 aliphatic carbocycles. The SMILES string of the molecule is CCCCN(c1cc(F)c(F)cc1-c1nnc(C)n1CC)S(=O)(=O)c1ccccc1. The summed E-state index contributed by atoms with van der Waals surface area (Å²) in [4.78, 5) is 0.0740. The summed E-state index contributed by atoms with van der Waals surface area (Å²) in [7, 11) is -4.01. The molecule has 1 heterocycles. The van der Waals surface area contributed by atoms with E-state index in [1.165, 1.54) is 12.1 Å². The minimum Gasteiger partial charge on any atom is -0.311 e. The number of benzene rings is 2. The first-order chi connectivity index (χ1) is 14.3. The number of halogens is 2. The number of aryl methyl sites for hydroxylation is 1. The van der Waals surface area contributed by atoms with Crippen molar-refractivity contribution in [3.63, 3.8) is 0 Å². The van der Waals surface area contributed by atoms with Crippen LogP contribution in [0.2, 0.25) is 0 Å². The molecule has 30 heavy (non-hydrogen) atoms. The van der Waals surface area contributed by atoms with Gasteiger partial charge in [0.15, 0.2) is 17.5 Å². The van der Waals surface area contributed by atoms with Gasteiger partial charge in [0.25, 0.3) is 10.0 Å². The van der Waals surface area contributed by atoms with Crippen molar-refractivity contribution in [3.05, 3.63) is 59.9 Å². The molecule has 0 saturated heterocycles. The Balaban J connectivity index is 2.27. The highest BCUT2D eigenvalue weighted by molar-refractivity contribution is 7.92. The number of aromatic nitrogens is 3. The standard InChI is InChI=1S/C21H24F2N4O2S/c1-4-6-12-27(30(28,29)16-10-8-7-9-11-16)20-14-19(23)18(22)13-17(20)21-25-24-15(3)26(21)5-2/h7-11,13-14H,4-6,12H2,1-3H3.